The lowest BCUT2D eigenvalue weighted by Gasteiger charge is -2.05. The molecule has 4 heteroatoms. The molecule has 84 valence electrons. The van der Waals surface area contributed by atoms with E-state index in [1.807, 2.05) is 0 Å². The van der Waals surface area contributed by atoms with Crippen LogP contribution in [0.1, 0.15) is 17.3 Å². The van der Waals surface area contributed by atoms with Crippen LogP contribution in [-0.2, 0) is 0 Å². The Morgan fingerprint density at radius 2 is 1.94 bits per heavy atom. The largest absolute Gasteiger partial charge is 0.334 e. The lowest BCUT2D eigenvalue weighted by atomic mass is 10.1. The van der Waals surface area contributed by atoms with Crippen molar-refractivity contribution in [2.24, 2.45) is 0 Å². The summed E-state index contributed by atoms with van der Waals surface area (Å²) in [5.74, 6) is 0.00246. The Hall–Kier alpha value is -2.10. The summed E-state index contributed by atoms with van der Waals surface area (Å²) in [6.45, 7) is 5.40. The van der Waals surface area contributed by atoms with Crippen LogP contribution in [0.15, 0.2) is 36.9 Å². The fourth-order valence-corrected chi connectivity index (χ4v) is 1.13. The van der Waals surface area contributed by atoms with Crippen molar-refractivity contribution in [2.75, 3.05) is 11.9 Å². The number of hydrogen-bond acceptors (Lipinski definition) is 2. The molecule has 0 saturated heterocycles. The highest BCUT2D eigenvalue weighted by atomic mass is 16.2. The summed E-state index contributed by atoms with van der Waals surface area (Å²) in [5, 5.41) is 5.22. The maximum Gasteiger partial charge on any atom is 0.319 e. The van der Waals surface area contributed by atoms with E-state index < -0.39 is 0 Å². The Bertz CT molecular complexity index is 396. The molecule has 1 rings (SSSR count). The molecule has 0 aliphatic heterocycles. The number of Topliss-reactive ketones (excluding diaryl/α,β-unsaturated/α-hetero) is 1. The second-order valence-corrected chi connectivity index (χ2v) is 3.26. The molecule has 0 spiro atoms. The van der Waals surface area contributed by atoms with E-state index in [1.54, 1.807) is 30.3 Å². The summed E-state index contributed by atoms with van der Waals surface area (Å²) < 4.78 is 0. The summed E-state index contributed by atoms with van der Waals surface area (Å²) in [4.78, 5) is 22.3. The number of hydrogen-bond donors (Lipinski definition) is 2. The summed E-state index contributed by atoms with van der Waals surface area (Å²) in [5.41, 5.74) is 1.27. The van der Waals surface area contributed by atoms with E-state index in [0.717, 1.165) is 0 Å². The first-order chi connectivity index (χ1) is 7.63. The molecule has 2 amide bonds. The minimum atomic E-state index is -0.296. The molecular formula is C12H14N2O2. The molecule has 4 nitrogen and oxygen atoms in total. The van der Waals surface area contributed by atoms with Crippen LogP contribution in [0, 0.1) is 0 Å². The molecule has 0 aliphatic rings. The highest BCUT2D eigenvalue weighted by Gasteiger charge is 2.01. The summed E-state index contributed by atoms with van der Waals surface area (Å²) in [6, 6.07) is 6.42. The molecule has 0 heterocycles. The molecule has 0 fully saturated rings. The third kappa shape index (κ3) is 3.57. The number of amides is 2. The standard InChI is InChI=1S/C12H14N2O2/c1-3-8-13-12(16)14-11-6-4-10(5-7-11)9(2)15/h3-7H,1,8H2,2H3,(H2,13,14,16). The molecule has 0 radical (unpaired) electrons. The average Bonchev–Trinajstić information content (AvgIpc) is 2.27. The Balaban J connectivity index is 2.58. The Labute approximate surface area is 94.4 Å². The Morgan fingerprint density at radius 3 is 2.44 bits per heavy atom. The Morgan fingerprint density at radius 1 is 1.31 bits per heavy atom. The van der Waals surface area contributed by atoms with Crippen molar-refractivity contribution in [3.63, 3.8) is 0 Å². The van der Waals surface area contributed by atoms with Gasteiger partial charge >= 0.3 is 6.03 Å². The van der Waals surface area contributed by atoms with Crippen molar-refractivity contribution in [2.45, 2.75) is 6.92 Å². The van der Waals surface area contributed by atoms with Crippen LogP contribution in [0.25, 0.3) is 0 Å². The van der Waals surface area contributed by atoms with Gasteiger partial charge in [0.25, 0.3) is 0 Å². The van der Waals surface area contributed by atoms with Crippen LogP contribution < -0.4 is 10.6 Å². The fraction of sp³-hybridized carbons (Fsp3) is 0.167. The average molecular weight is 218 g/mol. The minimum absolute atomic E-state index is 0.00246. The normalized spacial score (nSPS) is 9.31. The quantitative estimate of drug-likeness (QED) is 0.601. The fourth-order valence-electron chi connectivity index (χ4n) is 1.13. The van der Waals surface area contributed by atoms with Crippen molar-refractivity contribution in [1.82, 2.24) is 5.32 Å². The SMILES string of the molecule is C=CCNC(=O)Nc1ccc(C(C)=O)cc1. The molecule has 0 aromatic heterocycles. The second-order valence-electron chi connectivity index (χ2n) is 3.26. The van der Waals surface area contributed by atoms with Gasteiger partial charge in [0.2, 0.25) is 0 Å². The molecular weight excluding hydrogens is 204 g/mol. The summed E-state index contributed by atoms with van der Waals surface area (Å²) in [6.07, 6.45) is 1.60. The van der Waals surface area contributed by atoms with Gasteiger partial charge < -0.3 is 10.6 Å². The summed E-state index contributed by atoms with van der Waals surface area (Å²) >= 11 is 0. The van der Waals surface area contributed by atoms with Crippen molar-refractivity contribution in [1.29, 1.82) is 0 Å². The van der Waals surface area contributed by atoms with Crippen molar-refractivity contribution >= 4 is 17.5 Å². The topological polar surface area (TPSA) is 58.2 Å². The van der Waals surface area contributed by atoms with Gasteiger partial charge in [0.05, 0.1) is 0 Å². The highest BCUT2D eigenvalue weighted by molar-refractivity contribution is 5.95. The molecule has 1 aromatic carbocycles. The van der Waals surface area contributed by atoms with Crippen LogP contribution in [0.3, 0.4) is 0 Å². The molecule has 2 N–H and O–H groups in total. The third-order valence-electron chi connectivity index (χ3n) is 1.96. The van der Waals surface area contributed by atoms with Gasteiger partial charge in [-0.2, -0.15) is 0 Å². The molecule has 0 bridgehead atoms. The number of carbonyl (C=O) groups excluding carboxylic acids is 2. The number of rotatable bonds is 4. The first kappa shape index (κ1) is 12.0. The highest BCUT2D eigenvalue weighted by Crippen LogP contribution is 2.09. The predicted molar refractivity (Wildman–Crippen MR) is 63.7 cm³/mol. The van der Waals surface area contributed by atoms with E-state index in [0.29, 0.717) is 17.8 Å². The number of nitrogens with one attached hydrogen (secondary N) is 2. The molecule has 0 aliphatic carbocycles. The predicted octanol–water partition coefficient (Wildman–Crippen LogP) is 2.20. The van der Waals surface area contributed by atoms with Gasteiger partial charge in [0.15, 0.2) is 5.78 Å². The summed E-state index contributed by atoms with van der Waals surface area (Å²) in [7, 11) is 0. The van der Waals surface area contributed by atoms with E-state index in [9.17, 15) is 9.59 Å². The lowest BCUT2D eigenvalue weighted by Crippen LogP contribution is -2.28. The van der Waals surface area contributed by atoms with Gasteiger partial charge in [-0.05, 0) is 31.2 Å². The lowest BCUT2D eigenvalue weighted by molar-refractivity contribution is 0.101. The smallest absolute Gasteiger partial charge is 0.319 e. The van der Waals surface area contributed by atoms with E-state index in [1.165, 1.54) is 6.92 Å². The second kappa shape index (κ2) is 5.70. The third-order valence-corrected chi connectivity index (χ3v) is 1.96. The van der Waals surface area contributed by atoms with Crippen LogP contribution in [0.5, 0.6) is 0 Å². The van der Waals surface area contributed by atoms with Crippen molar-refractivity contribution in [3.05, 3.63) is 42.5 Å². The molecule has 0 unspecified atom stereocenters. The number of urea groups is 1. The zero-order valence-corrected chi connectivity index (χ0v) is 9.12. The number of anilines is 1. The van der Waals surface area contributed by atoms with Gasteiger partial charge in [-0.15, -0.1) is 6.58 Å². The van der Waals surface area contributed by atoms with Crippen LogP contribution in [0.4, 0.5) is 10.5 Å². The first-order valence-corrected chi connectivity index (χ1v) is 4.90. The van der Waals surface area contributed by atoms with Crippen molar-refractivity contribution < 1.29 is 9.59 Å². The van der Waals surface area contributed by atoms with Crippen molar-refractivity contribution in [3.8, 4) is 0 Å². The molecule has 1 aromatic rings. The molecule has 0 saturated carbocycles. The number of ketones is 1. The minimum Gasteiger partial charge on any atom is -0.334 e. The van der Waals surface area contributed by atoms with Gasteiger partial charge in [-0.25, -0.2) is 4.79 Å². The van der Waals surface area contributed by atoms with Gasteiger partial charge in [0.1, 0.15) is 0 Å². The van der Waals surface area contributed by atoms with Crippen LogP contribution in [-0.4, -0.2) is 18.4 Å². The zero-order chi connectivity index (χ0) is 12.0. The maximum absolute atomic E-state index is 11.3. The van der Waals surface area contributed by atoms with E-state index in [4.69, 9.17) is 0 Å². The maximum atomic E-state index is 11.3. The molecule has 16 heavy (non-hydrogen) atoms. The van der Waals surface area contributed by atoms with Crippen LogP contribution in [0.2, 0.25) is 0 Å². The van der Waals surface area contributed by atoms with E-state index in [-0.39, 0.29) is 11.8 Å². The van der Waals surface area contributed by atoms with Crippen LogP contribution >= 0.6 is 0 Å². The van der Waals surface area contributed by atoms with Gasteiger partial charge in [0, 0.05) is 17.8 Å². The van der Waals surface area contributed by atoms with Gasteiger partial charge in [-0.3, -0.25) is 4.79 Å². The first-order valence-electron chi connectivity index (χ1n) is 4.90. The van der Waals surface area contributed by atoms with Gasteiger partial charge in [-0.1, -0.05) is 6.08 Å². The zero-order valence-electron chi connectivity index (χ0n) is 9.12. The van der Waals surface area contributed by atoms with E-state index in [2.05, 4.69) is 17.2 Å². The van der Waals surface area contributed by atoms with E-state index >= 15 is 0 Å². The molecule has 0 atom stereocenters. The monoisotopic (exact) mass is 218 g/mol. The Kier molecular flexibility index (Phi) is 4.27. The number of benzene rings is 1. The number of carbonyl (C=O) groups is 2.